The highest BCUT2D eigenvalue weighted by molar-refractivity contribution is 6.18. The highest BCUT2D eigenvalue weighted by Gasteiger charge is 2.39. The summed E-state index contributed by atoms with van der Waals surface area (Å²) >= 11 is 0. The molecule has 2 rings (SSSR count). The van der Waals surface area contributed by atoms with Crippen molar-refractivity contribution in [2.75, 3.05) is 7.11 Å². The molecule has 1 N–H and O–H groups in total. The van der Waals surface area contributed by atoms with Crippen LogP contribution in [0.1, 0.15) is 19.5 Å². The molecule has 2 heterocycles. The number of rotatable bonds is 2. The van der Waals surface area contributed by atoms with Crippen LogP contribution in [0.15, 0.2) is 17.8 Å². The lowest BCUT2D eigenvalue weighted by Gasteiger charge is -2.29. The van der Waals surface area contributed by atoms with Crippen LogP contribution in [0.5, 0.6) is 5.75 Å². The number of ether oxygens (including phenoxy) is 3. The van der Waals surface area contributed by atoms with E-state index in [4.69, 9.17) is 14.2 Å². The van der Waals surface area contributed by atoms with Gasteiger partial charge in [-0.3, -0.25) is 0 Å². The van der Waals surface area contributed by atoms with Crippen LogP contribution in [-0.4, -0.2) is 29.8 Å². The SMILES string of the molecule is COc1cc[nH]c1C=C1C(=O)OC(C)(C)OC1=O. The Labute approximate surface area is 104 Å². The van der Waals surface area contributed by atoms with Crippen molar-refractivity contribution in [2.24, 2.45) is 0 Å². The van der Waals surface area contributed by atoms with E-state index in [1.54, 1.807) is 12.3 Å². The molecule has 0 unspecified atom stereocenters. The summed E-state index contributed by atoms with van der Waals surface area (Å²) in [5.41, 5.74) is 0.330. The van der Waals surface area contributed by atoms with E-state index in [1.807, 2.05) is 0 Å². The highest BCUT2D eigenvalue weighted by atomic mass is 16.7. The lowest BCUT2D eigenvalue weighted by Crippen LogP contribution is -2.41. The van der Waals surface area contributed by atoms with Gasteiger partial charge in [0.2, 0.25) is 0 Å². The van der Waals surface area contributed by atoms with Crippen LogP contribution in [0.3, 0.4) is 0 Å². The average molecular weight is 251 g/mol. The topological polar surface area (TPSA) is 77.6 Å². The molecule has 1 saturated heterocycles. The van der Waals surface area contributed by atoms with Crippen LogP contribution in [0.2, 0.25) is 0 Å². The first-order chi connectivity index (χ1) is 8.43. The van der Waals surface area contributed by atoms with Gasteiger partial charge < -0.3 is 19.2 Å². The minimum Gasteiger partial charge on any atom is -0.495 e. The monoisotopic (exact) mass is 251 g/mol. The Balaban J connectivity index is 2.34. The predicted octanol–water partition coefficient (Wildman–Crippen LogP) is 1.24. The number of carbonyl (C=O) groups is 2. The number of nitrogens with one attached hydrogen (secondary N) is 1. The lowest BCUT2D eigenvalue weighted by atomic mass is 10.2. The van der Waals surface area contributed by atoms with E-state index >= 15 is 0 Å². The number of carbonyl (C=O) groups excluding carboxylic acids is 2. The van der Waals surface area contributed by atoms with Crippen molar-refractivity contribution in [1.82, 2.24) is 4.98 Å². The molecule has 96 valence electrons. The number of methoxy groups -OCH3 is 1. The zero-order chi connectivity index (χ0) is 13.3. The van der Waals surface area contributed by atoms with Crippen molar-refractivity contribution >= 4 is 18.0 Å². The van der Waals surface area contributed by atoms with E-state index in [-0.39, 0.29) is 5.57 Å². The Hall–Kier alpha value is -2.24. The Kier molecular flexibility index (Phi) is 2.86. The highest BCUT2D eigenvalue weighted by Crippen LogP contribution is 2.26. The maximum atomic E-state index is 11.7. The fraction of sp³-hybridized carbons (Fsp3) is 0.333. The summed E-state index contributed by atoms with van der Waals surface area (Å²) in [7, 11) is 1.49. The van der Waals surface area contributed by atoms with Crippen LogP contribution >= 0.6 is 0 Å². The van der Waals surface area contributed by atoms with Crippen molar-refractivity contribution in [3.63, 3.8) is 0 Å². The fourth-order valence-corrected chi connectivity index (χ4v) is 1.58. The molecule has 0 amide bonds. The molecule has 1 fully saturated rings. The molecule has 1 aromatic rings. The molecule has 0 bridgehead atoms. The summed E-state index contributed by atoms with van der Waals surface area (Å²) in [6, 6.07) is 1.68. The van der Waals surface area contributed by atoms with Crippen LogP contribution in [0.25, 0.3) is 6.08 Å². The Morgan fingerprint density at radius 1 is 1.28 bits per heavy atom. The first kappa shape index (κ1) is 12.2. The lowest BCUT2D eigenvalue weighted by molar-refractivity contribution is -0.222. The molecule has 0 atom stereocenters. The molecular formula is C12H13NO5. The number of aromatic amines is 1. The van der Waals surface area contributed by atoms with E-state index in [0.717, 1.165) is 0 Å². The van der Waals surface area contributed by atoms with E-state index in [2.05, 4.69) is 4.98 Å². The molecule has 1 aliphatic heterocycles. The number of cyclic esters (lactones) is 2. The van der Waals surface area contributed by atoms with Gasteiger partial charge in [0.05, 0.1) is 12.8 Å². The minimum atomic E-state index is -1.23. The van der Waals surface area contributed by atoms with Crippen molar-refractivity contribution in [3.8, 4) is 5.75 Å². The van der Waals surface area contributed by atoms with Gasteiger partial charge in [-0.05, 0) is 12.1 Å². The maximum Gasteiger partial charge on any atom is 0.348 e. The minimum absolute atomic E-state index is 0.171. The third-order valence-electron chi connectivity index (χ3n) is 2.36. The van der Waals surface area contributed by atoms with E-state index in [1.165, 1.54) is 27.0 Å². The number of H-pyrrole nitrogens is 1. The van der Waals surface area contributed by atoms with Crippen molar-refractivity contribution in [3.05, 3.63) is 23.5 Å². The van der Waals surface area contributed by atoms with Crippen LogP contribution in [-0.2, 0) is 19.1 Å². The van der Waals surface area contributed by atoms with Crippen LogP contribution < -0.4 is 4.74 Å². The van der Waals surface area contributed by atoms with Crippen molar-refractivity contribution in [2.45, 2.75) is 19.6 Å². The van der Waals surface area contributed by atoms with Gasteiger partial charge in [0, 0.05) is 20.0 Å². The zero-order valence-electron chi connectivity index (χ0n) is 10.3. The summed E-state index contributed by atoms with van der Waals surface area (Å²) in [4.78, 5) is 26.2. The molecular weight excluding hydrogens is 238 g/mol. The second-order valence-corrected chi connectivity index (χ2v) is 4.20. The summed E-state index contributed by atoms with van der Waals surface area (Å²) in [5, 5.41) is 0. The second kappa shape index (κ2) is 4.21. The van der Waals surface area contributed by atoms with Gasteiger partial charge in [0.25, 0.3) is 5.79 Å². The summed E-state index contributed by atoms with van der Waals surface area (Å²) in [6.45, 7) is 2.99. The first-order valence-corrected chi connectivity index (χ1v) is 5.33. The van der Waals surface area contributed by atoms with Gasteiger partial charge in [-0.15, -0.1) is 0 Å². The number of esters is 2. The molecule has 1 aromatic heterocycles. The molecule has 6 nitrogen and oxygen atoms in total. The predicted molar refractivity (Wildman–Crippen MR) is 61.6 cm³/mol. The normalized spacial score (nSPS) is 18.1. The number of hydrogen-bond donors (Lipinski definition) is 1. The summed E-state index contributed by atoms with van der Waals surface area (Å²) in [5.74, 6) is -2.14. The van der Waals surface area contributed by atoms with Gasteiger partial charge >= 0.3 is 11.9 Å². The third-order valence-corrected chi connectivity index (χ3v) is 2.36. The third kappa shape index (κ3) is 2.22. The van der Waals surface area contributed by atoms with Gasteiger partial charge in [-0.1, -0.05) is 0 Å². The summed E-state index contributed by atoms with van der Waals surface area (Å²) in [6.07, 6.45) is 2.98. The van der Waals surface area contributed by atoms with Gasteiger partial charge in [-0.25, -0.2) is 9.59 Å². The summed E-state index contributed by atoms with van der Waals surface area (Å²) < 4.78 is 15.0. The van der Waals surface area contributed by atoms with Crippen LogP contribution in [0.4, 0.5) is 0 Å². The molecule has 0 aliphatic carbocycles. The molecule has 0 spiro atoms. The van der Waals surface area contributed by atoms with Crippen molar-refractivity contribution < 1.29 is 23.8 Å². The smallest absolute Gasteiger partial charge is 0.348 e. The van der Waals surface area contributed by atoms with E-state index in [0.29, 0.717) is 11.4 Å². The largest absolute Gasteiger partial charge is 0.495 e. The van der Waals surface area contributed by atoms with Gasteiger partial charge in [-0.2, -0.15) is 0 Å². The Bertz CT molecular complexity index is 504. The number of aromatic nitrogens is 1. The molecule has 18 heavy (non-hydrogen) atoms. The quantitative estimate of drug-likeness (QED) is 0.486. The van der Waals surface area contributed by atoms with E-state index in [9.17, 15) is 9.59 Å². The molecule has 6 heteroatoms. The van der Waals surface area contributed by atoms with Crippen molar-refractivity contribution in [1.29, 1.82) is 0 Å². The molecule has 0 radical (unpaired) electrons. The molecule has 0 saturated carbocycles. The second-order valence-electron chi connectivity index (χ2n) is 4.20. The molecule has 1 aliphatic rings. The fourth-order valence-electron chi connectivity index (χ4n) is 1.58. The Morgan fingerprint density at radius 3 is 2.44 bits per heavy atom. The average Bonchev–Trinajstić information content (AvgIpc) is 2.69. The standard InChI is InChI=1S/C12H13NO5/c1-12(2)17-10(14)7(11(15)18-12)6-8-9(16-3)4-5-13-8/h4-6,13H,1-3H3. The maximum absolute atomic E-state index is 11.7. The first-order valence-electron chi connectivity index (χ1n) is 5.33. The number of hydrogen-bond acceptors (Lipinski definition) is 5. The Morgan fingerprint density at radius 2 is 1.89 bits per heavy atom. The molecule has 0 aromatic carbocycles. The van der Waals surface area contributed by atoms with Gasteiger partial charge in [0.1, 0.15) is 11.3 Å². The van der Waals surface area contributed by atoms with E-state index < -0.39 is 17.7 Å². The van der Waals surface area contributed by atoms with Crippen LogP contribution in [0, 0.1) is 0 Å². The van der Waals surface area contributed by atoms with Gasteiger partial charge in [0.15, 0.2) is 0 Å². The zero-order valence-corrected chi connectivity index (χ0v) is 10.3.